The highest BCUT2D eigenvalue weighted by Gasteiger charge is 2.14. The van der Waals surface area contributed by atoms with Crippen molar-refractivity contribution in [3.63, 3.8) is 0 Å². The fraction of sp³-hybridized carbons (Fsp3) is 0.0625. The zero-order chi connectivity index (χ0) is 17.7. The van der Waals surface area contributed by atoms with Crippen LogP contribution in [0.1, 0.15) is 11.1 Å². The van der Waals surface area contributed by atoms with Crippen LogP contribution in [-0.4, -0.2) is 18.0 Å². The number of hydrogen-bond donors (Lipinski definition) is 2. The maximum atomic E-state index is 11.9. The van der Waals surface area contributed by atoms with Crippen LogP contribution in [0, 0.1) is 6.92 Å². The lowest BCUT2D eigenvalue weighted by Crippen LogP contribution is -2.32. The van der Waals surface area contributed by atoms with Gasteiger partial charge in [0, 0.05) is 16.3 Å². The van der Waals surface area contributed by atoms with E-state index in [0.717, 1.165) is 0 Å². The van der Waals surface area contributed by atoms with Crippen LogP contribution in [0.2, 0.25) is 15.1 Å². The van der Waals surface area contributed by atoms with Crippen LogP contribution in [0.5, 0.6) is 0 Å². The van der Waals surface area contributed by atoms with Crippen LogP contribution in [0.4, 0.5) is 5.69 Å². The molecule has 0 radical (unpaired) electrons. The molecule has 0 saturated carbocycles. The summed E-state index contributed by atoms with van der Waals surface area (Å²) in [6.07, 6.45) is 1.30. The molecule has 0 bridgehead atoms. The first-order valence-electron chi connectivity index (χ1n) is 6.73. The molecule has 2 rings (SSSR count). The van der Waals surface area contributed by atoms with Crippen LogP contribution < -0.4 is 10.7 Å². The quantitative estimate of drug-likeness (QED) is 0.476. The number of nitrogens with zero attached hydrogens (tertiary/aromatic N) is 1. The van der Waals surface area contributed by atoms with Gasteiger partial charge < -0.3 is 5.32 Å². The molecular weight excluding hydrogens is 373 g/mol. The first-order chi connectivity index (χ1) is 11.4. The van der Waals surface area contributed by atoms with Gasteiger partial charge in [-0.15, -0.1) is 0 Å². The van der Waals surface area contributed by atoms with Crippen molar-refractivity contribution < 1.29 is 9.59 Å². The van der Waals surface area contributed by atoms with Crippen LogP contribution in [0.3, 0.4) is 0 Å². The fourth-order valence-corrected chi connectivity index (χ4v) is 2.28. The second kappa shape index (κ2) is 8.15. The molecule has 0 fully saturated rings. The Morgan fingerprint density at radius 2 is 1.67 bits per heavy atom. The van der Waals surface area contributed by atoms with Gasteiger partial charge in [-0.3, -0.25) is 9.59 Å². The number of halogens is 3. The van der Waals surface area contributed by atoms with E-state index in [1.54, 1.807) is 43.3 Å². The molecule has 0 aliphatic rings. The van der Waals surface area contributed by atoms with Gasteiger partial charge in [-0.05, 0) is 30.7 Å². The van der Waals surface area contributed by atoms with Crippen molar-refractivity contribution in [3.8, 4) is 0 Å². The van der Waals surface area contributed by atoms with Gasteiger partial charge in [0.2, 0.25) is 0 Å². The van der Waals surface area contributed by atoms with E-state index in [0.29, 0.717) is 31.9 Å². The zero-order valence-corrected chi connectivity index (χ0v) is 14.7. The minimum Gasteiger partial charge on any atom is -0.317 e. The van der Waals surface area contributed by atoms with Gasteiger partial charge in [0.05, 0.1) is 16.3 Å². The molecule has 0 aliphatic carbocycles. The van der Waals surface area contributed by atoms with Gasteiger partial charge >= 0.3 is 11.8 Å². The van der Waals surface area contributed by atoms with E-state index in [1.807, 2.05) is 0 Å². The summed E-state index contributed by atoms with van der Waals surface area (Å²) in [5.41, 5.74) is 3.74. The van der Waals surface area contributed by atoms with Crippen molar-refractivity contribution in [3.05, 3.63) is 62.6 Å². The van der Waals surface area contributed by atoms with Crippen LogP contribution >= 0.6 is 34.8 Å². The molecule has 124 valence electrons. The predicted molar refractivity (Wildman–Crippen MR) is 97.0 cm³/mol. The lowest BCUT2D eigenvalue weighted by molar-refractivity contribution is -0.136. The Hall–Kier alpha value is -2.08. The van der Waals surface area contributed by atoms with E-state index in [9.17, 15) is 9.59 Å². The van der Waals surface area contributed by atoms with E-state index in [2.05, 4.69) is 15.8 Å². The average Bonchev–Trinajstić information content (AvgIpc) is 2.55. The Kier molecular flexibility index (Phi) is 6.20. The Labute approximate surface area is 153 Å². The monoisotopic (exact) mass is 383 g/mol. The number of carbonyl (C=O) groups is 2. The number of benzene rings is 2. The van der Waals surface area contributed by atoms with Crippen molar-refractivity contribution in [1.82, 2.24) is 5.43 Å². The molecule has 0 spiro atoms. The highest BCUT2D eigenvalue weighted by atomic mass is 35.5. The molecule has 0 aliphatic heterocycles. The SMILES string of the molecule is Cc1c(Cl)cccc1NC(=O)C(=O)N/N=C/c1cccc(Cl)c1Cl. The number of carbonyl (C=O) groups excluding carboxylic acids is 2. The Balaban J connectivity index is 1.99. The Morgan fingerprint density at radius 3 is 2.42 bits per heavy atom. The Bertz CT molecular complexity index is 822. The van der Waals surface area contributed by atoms with E-state index in [4.69, 9.17) is 34.8 Å². The molecule has 2 N–H and O–H groups in total. The molecule has 0 heterocycles. The van der Waals surface area contributed by atoms with Gasteiger partial charge in [0.15, 0.2) is 0 Å². The van der Waals surface area contributed by atoms with Gasteiger partial charge in [0.25, 0.3) is 0 Å². The van der Waals surface area contributed by atoms with Gasteiger partial charge in [-0.25, -0.2) is 5.43 Å². The number of amides is 2. The number of hydrogen-bond acceptors (Lipinski definition) is 3. The smallest absolute Gasteiger partial charge is 0.317 e. The molecule has 0 unspecified atom stereocenters. The molecule has 0 aromatic heterocycles. The molecule has 2 aromatic rings. The summed E-state index contributed by atoms with van der Waals surface area (Å²) in [4.78, 5) is 23.6. The number of nitrogens with one attached hydrogen (secondary N) is 2. The minimum absolute atomic E-state index is 0.302. The van der Waals surface area contributed by atoms with E-state index in [-0.39, 0.29) is 0 Å². The zero-order valence-electron chi connectivity index (χ0n) is 12.4. The van der Waals surface area contributed by atoms with Crippen LogP contribution in [0.15, 0.2) is 41.5 Å². The third-order valence-electron chi connectivity index (χ3n) is 3.07. The molecular formula is C16H12Cl3N3O2. The Morgan fingerprint density at radius 1 is 1.00 bits per heavy atom. The van der Waals surface area contributed by atoms with E-state index < -0.39 is 11.8 Å². The summed E-state index contributed by atoms with van der Waals surface area (Å²) in [7, 11) is 0. The summed E-state index contributed by atoms with van der Waals surface area (Å²) in [6.45, 7) is 1.73. The maximum Gasteiger partial charge on any atom is 0.329 e. The number of rotatable bonds is 3. The molecule has 2 amide bonds. The van der Waals surface area contributed by atoms with Crippen molar-refractivity contribution in [2.75, 3.05) is 5.32 Å². The lowest BCUT2D eigenvalue weighted by Gasteiger charge is -2.08. The third kappa shape index (κ3) is 4.47. The predicted octanol–water partition coefficient (Wildman–Crippen LogP) is 4.04. The molecule has 0 saturated heterocycles. The third-order valence-corrected chi connectivity index (χ3v) is 4.32. The fourth-order valence-electron chi connectivity index (χ4n) is 1.75. The first-order valence-corrected chi connectivity index (χ1v) is 7.87. The van der Waals surface area contributed by atoms with E-state index in [1.165, 1.54) is 6.21 Å². The van der Waals surface area contributed by atoms with Gasteiger partial charge in [-0.2, -0.15) is 5.10 Å². The van der Waals surface area contributed by atoms with Crippen molar-refractivity contribution in [2.45, 2.75) is 6.92 Å². The van der Waals surface area contributed by atoms with Crippen LogP contribution in [0.25, 0.3) is 0 Å². The topological polar surface area (TPSA) is 70.6 Å². The standard InChI is InChI=1S/C16H12Cl3N3O2/c1-9-11(17)5-3-7-13(9)21-15(23)16(24)22-20-8-10-4-2-6-12(18)14(10)19/h2-8H,1H3,(H,21,23)(H,22,24)/b20-8+. The summed E-state index contributed by atoms with van der Waals surface area (Å²) < 4.78 is 0. The molecule has 2 aromatic carbocycles. The summed E-state index contributed by atoms with van der Waals surface area (Å²) in [5.74, 6) is -1.79. The van der Waals surface area contributed by atoms with E-state index >= 15 is 0 Å². The summed E-state index contributed by atoms with van der Waals surface area (Å²) in [6, 6.07) is 9.97. The molecule has 8 heteroatoms. The highest BCUT2D eigenvalue weighted by molar-refractivity contribution is 6.43. The minimum atomic E-state index is -0.927. The van der Waals surface area contributed by atoms with Gasteiger partial charge in [0.1, 0.15) is 0 Å². The number of hydrazone groups is 1. The summed E-state index contributed by atoms with van der Waals surface area (Å²) >= 11 is 17.8. The summed E-state index contributed by atoms with van der Waals surface area (Å²) in [5, 5.41) is 7.31. The van der Waals surface area contributed by atoms with Gasteiger partial charge in [-0.1, -0.05) is 53.0 Å². The average molecular weight is 385 g/mol. The normalized spacial score (nSPS) is 10.7. The van der Waals surface area contributed by atoms with Crippen molar-refractivity contribution in [2.24, 2.45) is 5.10 Å². The maximum absolute atomic E-state index is 11.9. The largest absolute Gasteiger partial charge is 0.329 e. The van der Waals surface area contributed by atoms with Crippen molar-refractivity contribution >= 4 is 58.5 Å². The van der Waals surface area contributed by atoms with Crippen LogP contribution in [-0.2, 0) is 9.59 Å². The van der Waals surface area contributed by atoms with Crippen molar-refractivity contribution in [1.29, 1.82) is 0 Å². The first kappa shape index (κ1) is 18.3. The molecule has 5 nitrogen and oxygen atoms in total. The second-order valence-corrected chi connectivity index (χ2v) is 5.90. The highest BCUT2D eigenvalue weighted by Crippen LogP contribution is 2.24. The lowest BCUT2D eigenvalue weighted by atomic mass is 10.2. The number of anilines is 1. The second-order valence-electron chi connectivity index (χ2n) is 4.71. The molecule has 24 heavy (non-hydrogen) atoms. The molecule has 0 atom stereocenters.